The molecule has 1 fully saturated rings. The topological polar surface area (TPSA) is 118 Å². The van der Waals surface area contributed by atoms with E-state index >= 15 is 0 Å². The van der Waals surface area contributed by atoms with E-state index in [-0.39, 0.29) is 19.7 Å². The maximum Gasteiger partial charge on any atom is 0.146 e. The summed E-state index contributed by atoms with van der Waals surface area (Å²) in [5.41, 5.74) is 0. The summed E-state index contributed by atoms with van der Waals surface area (Å²) in [6.07, 6.45) is -1.75. The molecule has 0 spiro atoms. The van der Waals surface area contributed by atoms with Gasteiger partial charge in [0, 0.05) is 5.92 Å². The van der Waals surface area contributed by atoms with Gasteiger partial charge in [0.15, 0.2) is 0 Å². The van der Waals surface area contributed by atoms with Gasteiger partial charge in [0.05, 0.1) is 25.8 Å². The van der Waals surface area contributed by atoms with Gasteiger partial charge in [-0.05, 0) is 0 Å². The van der Waals surface area contributed by atoms with Gasteiger partial charge in [-0.3, -0.25) is 0 Å². The van der Waals surface area contributed by atoms with E-state index in [0.717, 1.165) is 0 Å². The second kappa shape index (κ2) is 5.56. The van der Waals surface area contributed by atoms with Crippen LogP contribution in [0.2, 0.25) is 0 Å². The highest BCUT2D eigenvalue weighted by molar-refractivity contribution is 4.94. The standard InChI is InChI=1S/C7H11N3O5/c11-5-3-15-7(6(5)10-14)4(1-8-12)2-9-13/h4-7,11H,1-3H2. The minimum atomic E-state index is -0.992. The number of ether oxygens (including phenoxy) is 1. The fraction of sp³-hybridized carbons (Fsp3) is 1.00. The van der Waals surface area contributed by atoms with E-state index in [4.69, 9.17) is 4.74 Å². The first-order valence-corrected chi connectivity index (χ1v) is 4.45. The highest BCUT2D eigenvalue weighted by Gasteiger charge is 2.42. The average molecular weight is 217 g/mol. The molecule has 0 aliphatic carbocycles. The van der Waals surface area contributed by atoms with Crippen molar-refractivity contribution in [1.29, 1.82) is 0 Å². The first-order valence-electron chi connectivity index (χ1n) is 4.45. The summed E-state index contributed by atoms with van der Waals surface area (Å²) in [6.45, 7) is -0.403. The molecule has 0 aromatic heterocycles. The van der Waals surface area contributed by atoms with E-state index in [2.05, 4.69) is 15.5 Å². The third-order valence-corrected chi connectivity index (χ3v) is 2.39. The molecule has 8 heteroatoms. The van der Waals surface area contributed by atoms with Crippen molar-refractivity contribution in [1.82, 2.24) is 0 Å². The molecule has 15 heavy (non-hydrogen) atoms. The summed E-state index contributed by atoms with van der Waals surface area (Å²) in [5, 5.41) is 17.3. The zero-order chi connectivity index (χ0) is 11.3. The number of hydrogen-bond acceptors (Lipinski definition) is 8. The zero-order valence-corrected chi connectivity index (χ0v) is 7.85. The molecule has 1 aliphatic heterocycles. The average Bonchev–Trinajstić information content (AvgIpc) is 2.59. The van der Waals surface area contributed by atoms with E-state index in [1.165, 1.54) is 0 Å². The fourth-order valence-corrected chi connectivity index (χ4v) is 1.63. The lowest BCUT2D eigenvalue weighted by molar-refractivity contribution is 0.0560. The summed E-state index contributed by atoms with van der Waals surface area (Å²) < 4.78 is 5.09. The Morgan fingerprint density at radius 2 is 1.87 bits per heavy atom. The molecular formula is C7H11N3O5. The maximum atomic E-state index is 10.4. The van der Waals surface area contributed by atoms with Gasteiger partial charge in [-0.15, -0.1) is 0 Å². The molecule has 0 amide bonds. The summed E-state index contributed by atoms with van der Waals surface area (Å²) >= 11 is 0. The van der Waals surface area contributed by atoms with Gasteiger partial charge in [0.1, 0.15) is 12.1 Å². The molecule has 3 atom stereocenters. The van der Waals surface area contributed by atoms with Crippen molar-refractivity contribution in [2.75, 3.05) is 19.7 Å². The first kappa shape index (κ1) is 11.8. The zero-order valence-electron chi connectivity index (χ0n) is 7.85. The van der Waals surface area contributed by atoms with E-state index < -0.39 is 24.2 Å². The second-order valence-electron chi connectivity index (χ2n) is 3.34. The minimum Gasteiger partial charge on any atom is -0.388 e. The second-order valence-corrected chi connectivity index (χ2v) is 3.34. The number of aliphatic hydroxyl groups is 1. The molecule has 3 unspecified atom stereocenters. The fourth-order valence-electron chi connectivity index (χ4n) is 1.63. The lowest BCUT2D eigenvalue weighted by atomic mass is 9.96. The largest absolute Gasteiger partial charge is 0.388 e. The molecule has 1 saturated heterocycles. The van der Waals surface area contributed by atoms with Crippen LogP contribution in [0.4, 0.5) is 0 Å². The Labute approximate surface area is 84.9 Å². The molecule has 0 radical (unpaired) electrons. The van der Waals surface area contributed by atoms with Gasteiger partial charge in [-0.2, -0.15) is 14.7 Å². The van der Waals surface area contributed by atoms with Gasteiger partial charge in [0.25, 0.3) is 0 Å². The van der Waals surface area contributed by atoms with E-state index in [0.29, 0.717) is 0 Å². The van der Waals surface area contributed by atoms with Crippen molar-refractivity contribution in [2.24, 2.45) is 21.4 Å². The summed E-state index contributed by atoms with van der Waals surface area (Å²) in [7, 11) is 0. The number of aliphatic hydroxyl groups excluding tert-OH is 1. The molecule has 84 valence electrons. The lowest BCUT2D eigenvalue weighted by Crippen LogP contribution is -2.36. The molecule has 0 saturated carbocycles. The van der Waals surface area contributed by atoms with Crippen molar-refractivity contribution in [3.05, 3.63) is 14.7 Å². The Morgan fingerprint density at radius 1 is 1.27 bits per heavy atom. The Bertz CT molecular complexity index is 239. The molecule has 1 N–H and O–H groups in total. The quantitative estimate of drug-likeness (QED) is 0.629. The predicted octanol–water partition coefficient (Wildman–Crippen LogP) is 0.0301. The van der Waals surface area contributed by atoms with Crippen LogP contribution in [-0.4, -0.2) is 43.1 Å². The number of rotatable bonds is 6. The molecule has 8 nitrogen and oxygen atoms in total. The third-order valence-electron chi connectivity index (χ3n) is 2.39. The monoisotopic (exact) mass is 217 g/mol. The number of hydrogen-bond donors (Lipinski definition) is 1. The Balaban J connectivity index is 2.69. The number of nitrogens with zero attached hydrogens (tertiary/aromatic N) is 3. The van der Waals surface area contributed by atoms with Gasteiger partial charge >= 0.3 is 0 Å². The summed E-state index contributed by atoms with van der Waals surface area (Å²) in [5.74, 6) is -0.597. The molecule has 1 heterocycles. The number of nitroso groups, excluding NO2 is 3. The van der Waals surface area contributed by atoms with Crippen LogP contribution in [0.25, 0.3) is 0 Å². The van der Waals surface area contributed by atoms with E-state index in [1.54, 1.807) is 0 Å². The van der Waals surface area contributed by atoms with Crippen LogP contribution in [0.15, 0.2) is 15.5 Å². The summed E-state index contributed by atoms with van der Waals surface area (Å²) in [6, 6.07) is -0.960. The highest BCUT2D eigenvalue weighted by Crippen LogP contribution is 2.25. The van der Waals surface area contributed by atoms with E-state index in [1.807, 2.05) is 0 Å². The van der Waals surface area contributed by atoms with Crippen molar-refractivity contribution in [3.8, 4) is 0 Å². The lowest BCUT2D eigenvalue weighted by Gasteiger charge is -2.19. The van der Waals surface area contributed by atoms with Crippen LogP contribution in [0.1, 0.15) is 0 Å². The molecule has 0 aromatic rings. The highest BCUT2D eigenvalue weighted by atomic mass is 16.5. The van der Waals surface area contributed by atoms with Crippen LogP contribution in [0.5, 0.6) is 0 Å². The molecule has 0 aromatic carbocycles. The van der Waals surface area contributed by atoms with Crippen LogP contribution >= 0.6 is 0 Å². The minimum absolute atomic E-state index is 0.0325. The van der Waals surface area contributed by atoms with Crippen LogP contribution in [0, 0.1) is 20.6 Å². The molecular weight excluding hydrogens is 206 g/mol. The van der Waals surface area contributed by atoms with Crippen molar-refractivity contribution in [2.45, 2.75) is 18.2 Å². The van der Waals surface area contributed by atoms with Crippen molar-refractivity contribution >= 4 is 0 Å². The Hall–Kier alpha value is -1.28. The predicted molar refractivity (Wildman–Crippen MR) is 50.1 cm³/mol. The normalized spacial score (nSPS) is 30.4. The van der Waals surface area contributed by atoms with Crippen LogP contribution < -0.4 is 0 Å². The Morgan fingerprint density at radius 3 is 2.33 bits per heavy atom. The van der Waals surface area contributed by atoms with Gasteiger partial charge in [-0.1, -0.05) is 15.5 Å². The van der Waals surface area contributed by atoms with Crippen LogP contribution in [-0.2, 0) is 4.74 Å². The molecule has 0 bridgehead atoms. The smallest absolute Gasteiger partial charge is 0.146 e. The van der Waals surface area contributed by atoms with Gasteiger partial charge < -0.3 is 9.84 Å². The SMILES string of the molecule is O=NCC(CN=O)C1OCC(O)C1N=O. The van der Waals surface area contributed by atoms with Gasteiger partial charge in [0.2, 0.25) is 0 Å². The third kappa shape index (κ3) is 2.60. The van der Waals surface area contributed by atoms with Crippen LogP contribution in [0.3, 0.4) is 0 Å². The van der Waals surface area contributed by atoms with E-state index in [9.17, 15) is 19.8 Å². The van der Waals surface area contributed by atoms with Gasteiger partial charge in [-0.25, -0.2) is 0 Å². The molecule has 1 rings (SSSR count). The Kier molecular flexibility index (Phi) is 4.37. The first-order chi connectivity index (χ1) is 7.24. The van der Waals surface area contributed by atoms with Crippen molar-refractivity contribution in [3.63, 3.8) is 0 Å². The summed E-state index contributed by atoms with van der Waals surface area (Å²) in [4.78, 5) is 30.6. The molecule has 1 aliphatic rings. The van der Waals surface area contributed by atoms with Crippen molar-refractivity contribution < 1.29 is 9.84 Å². The maximum absolute atomic E-state index is 10.4.